The Bertz CT molecular complexity index is 1290. The van der Waals surface area contributed by atoms with Gasteiger partial charge in [-0.15, -0.1) is 23.1 Å². The summed E-state index contributed by atoms with van der Waals surface area (Å²) >= 11 is 3.62. The summed E-state index contributed by atoms with van der Waals surface area (Å²) in [5.41, 5.74) is 0.266. The molecule has 0 spiro atoms. The van der Waals surface area contributed by atoms with E-state index in [9.17, 15) is 34.6 Å². The zero-order valence-electron chi connectivity index (χ0n) is 18.8. The second-order valence-corrected chi connectivity index (χ2v) is 10.7. The Morgan fingerprint density at radius 2 is 2.16 bits per heavy atom. The Morgan fingerprint density at radius 1 is 1.38 bits per heavy atom. The maximum Gasteiger partial charge on any atom is 0.403 e. The predicted octanol–water partition coefficient (Wildman–Crippen LogP) is 0.497. The van der Waals surface area contributed by atoms with Crippen molar-refractivity contribution in [2.75, 3.05) is 11.5 Å². The van der Waals surface area contributed by atoms with Crippen molar-refractivity contribution in [3.8, 4) is 5.88 Å². The molecule has 0 aromatic carbocycles. The lowest BCUT2D eigenvalue weighted by molar-refractivity contribution is -0.679. The zero-order chi connectivity index (χ0) is 26.7. The molecule has 1 saturated heterocycles. The molecule has 37 heavy (non-hydrogen) atoms. The van der Waals surface area contributed by atoms with E-state index in [-0.39, 0.29) is 27.1 Å². The van der Waals surface area contributed by atoms with E-state index in [0.29, 0.717) is 10.5 Å². The van der Waals surface area contributed by atoms with Crippen LogP contribution in [0, 0.1) is 5.21 Å². The third kappa shape index (κ3) is 5.50. The Balaban J connectivity index is 1.47. The third-order valence-electron chi connectivity index (χ3n) is 5.30. The number of fused-ring (bicyclic) bond motifs is 1. The highest BCUT2D eigenvalue weighted by Crippen LogP contribution is 2.41. The van der Waals surface area contributed by atoms with Crippen LogP contribution in [0.3, 0.4) is 0 Å². The minimum atomic E-state index is -1.30. The number of β-lactam (4-membered cyclic amide) rings is 1. The van der Waals surface area contributed by atoms with Crippen LogP contribution in [0.2, 0.25) is 0 Å². The van der Waals surface area contributed by atoms with E-state index < -0.39 is 47.2 Å². The lowest BCUT2D eigenvalue weighted by atomic mass is 10.0. The first kappa shape index (κ1) is 26.3. The molecule has 16 heteroatoms. The largest absolute Gasteiger partial charge is 0.591 e. The fourth-order valence-corrected chi connectivity index (χ4v) is 6.75. The number of nitrogens with zero attached hydrogens (tertiary/aromatic N) is 3. The van der Waals surface area contributed by atoms with Gasteiger partial charge in [-0.2, -0.15) is 0 Å². The molecule has 1 fully saturated rings. The fraction of sp³-hybridized carbons (Fsp3) is 0.238. The molecular formula is C21H20N6O7S3. The first-order valence-corrected chi connectivity index (χ1v) is 13.5. The summed E-state index contributed by atoms with van der Waals surface area (Å²) in [6.45, 7) is 3.40. The van der Waals surface area contributed by atoms with Crippen LogP contribution in [0.1, 0.15) is 10.9 Å². The van der Waals surface area contributed by atoms with Crippen LogP contribution in [0.5, 0.6) is 5.88 Å². The number of thiophene rings is 1. The standard InChI is InChI=1S/C21H20N6O7S3/c1-2-22-21(33)24-14(11-4-3-7-35-11)17(29)23-15-18(30)26-16(20(31)32)10(9-37-19(15)26)8-36-12-5-6-13(28)27(34)25-12/h2-7,14-15,19,28H,1,8-9H2,(H,23,29)(H,31,32)(H2,22,24,33)/t14?,15-,19?/m0/s1. The number of nitrogens with one attached hydrogen (secondary N) is 3. The Labute approximate surface area is 222 Å². The van der Waals surface area contributed by atoms with E-state index in [4.69, 9.17) is 0 Å². The number of aromatic hydroxyl groups is 1. The van der Waals surface area contributed by atoms with Gasteiger partial charge in [-0.25, -0.2) is 9.59 Å². The molecule has 13 nitrogen and oxygen atoms in total. The number of rotatable bonds is 9. The van der Waals surface area contributed by atoms with E-state index in [1.807, 2.05) is 0 Å². The summed E-state index contributed by atoms with van der Waals surface area (Å²) in [4.78, 5) is 51.8. The van der Waals surface area contributed by atoms with Crippen molar-refractivity contribution in [3.63, 3.8) is 0 Å². The van der Waals surface area contributed by atoms with Gasteiger partial charge in [0.05, 0.1) is 6.07 Å². The summed E-state index contributed by atoms with van der Waals surface area (Å²) in [6.07, 6.45) is 1.16. The van der Waals surface area contributed by atoms with Gasteiger partial charge in [0.2, 0.25) is 5.91 Å². The van der Waals surface area contributed by atoms with E-state index in [1.165, 1.54) is 35.2 Å². The lowest BCUT2D eigenvalue weighted by Gasteiger charge is -2.49. The third-order valence-corrected chi connectivity index (χ3v) is 8.58. The maximum absolute atomic E-state index is 13.1. The van der Waals surface area contributed by atoms with Gasteiger partial charge >= 0.3 is 17.9 Å². The van der Waals surface area contributed by atoms with Crippen LogP contribution >= 0.6 is 34.9 Å². The molecular weight excluding hydrogens is 544 g/mol. The highest BCUT2D eigenvalue weighted by molar-refractivity contribution is 8.01. The molecule has 0 radical (unpaired) electrons. The Kier molecular flexibility index (Phi) is 7.89. The Hall–Kier alpha value is -3.76. The Morgan fingerprint density at radius 3 is 2.81 bits per heavy atom. The van der Waals surface area contributed by atoms with Crippen molar-refractivity contribution >= 4 is 58.7 Å². The molecule has 194 valence electrons. The average Bonchev–Trinajstić information content (AvgIpc) is 3.40. The van der Waals surface area contributed by atoms with Gasteiger partial charge < -0.3 is 31.4 Å². The number of urea groups is 1. The predicted molar refractivity (Wildman–Crippen MR) is 134 cm³/mol. The number of carboxylic acid groups (broad SMARTS) is 1. The molecule has 0 aliphatic carbocycles. The molecule has 4 amide bonds. The summed E-state index contributed by atoms with van der Waals surface area (Å²) in [5.74, 6) is -2.67. The van der Waals surface area contributed by atoms with E-state index in [1.54, 1.807) is 17.5 Å². The number of hydrogen-bond donors (Lipinski definition) is 5. The SMILES string of the molecule is C=CNC(=O)NC(C(=O)N[C@H]1C(=O)N2C(C(=O)O)=C(CSc3ccc(O)[n+]([O-])n3)CSC12)c1cccs1. The molecule has 0 saturated carbocycles. The van der Waals surface area contributed by atoms with Gasteiger partial charge in [0.15, 0.2) is 5.03 Å². The number of carboxylic acids is 1. The second kappa shape index (κ2) is 11.1. The van der Waals surface area contributed by atoms with Crippen molar-refractivity contribution in [3.05, 3.63) is 63.8 Å². The number of aromatic nitrogens is 2. The van der Waals surface area contributed by atoms with Gasteiger partial charge in [-0.3, -0.25) is 14.5 Å². The van der Waals surface area contributed by atoms with Crippen molar-refractivity contribution < 1.29 is 34.2 Å². The quantitative estimate of drug-likeness (QED) is 0.124. The topological polar surface area (TPSA) is 188 Å². The average molecular weight is 565 g/mol. The molecule has 2 aliphatic rings. The number of hydrogen-bond acceptors (Lipinski definition) is 10. The van der Waals surface area contributed by atoms with Crippen LogP contribution in [0.25, 0.3) is 0 Å². The van der Waals surface area contributed by atoms with Gasteiger partial charge in [-0.05, 0) is 34.1 Å². The lowest BCUT2D eigenvalue weighted by Crippen LogP contribution is -2.71. The second-order valence-electron chi connectivity index (χ2n) is 7.62. The van der Waals surface area contributed by atoms with Crippen molar-refractivity contribution in [1.29, 1.82) is 0 Å². The summed E-state index contributed by atoms with van der Waals surface area (Å²) in [7, 11) is 0. The maximum atomic E-state index is 13.1. The van der Waals surface area contributed by atoms with Gasteiger partial charge in [0, 0.05) is 21.5 Å². The van der Waals surface area contributed by atoms with Crippen molar-refractivity contribution in [2.24, 2.45) is 0 Å². The molecule has 2 unspecified atom stereocenters. The summed E-state index contributed by atoms with van der Waals surface area (Å²) < 4.78 is 0. The molecule has 4 rings (SSSR count). The van der Waals surface area contributed by atoms with Crippen LogP contribution in [0.4, 0.5) is 4.79 Å². The summed E-state index contributed by atoms with van der Waals surface area (Å²) in [6, 6.07) is 3.27. The van der Waals surface area contributed by atoms with E-state index in [0.717, 1.165) is 22.9 Å². The number of thioether (sulfide) groups is 2. The molecule has 5 N–H and O–H groups in total. The van der Waals surface area contributed by atoms with Gasteiger partial charge in [-0.1, -0.05) is 24.4 Å². The van der Waals surface area contributed by atoms with Crippen molar-refractivity contribution in [2.45, 2.75) is 22.5 Å². The van der Waals surface area contributed by atoms with Crippen LogP contribution in [-0.4, -0.2) is 66.9 Å². The summed E-state index contributed by atoms with van der Waals surface area (Å²) in [5, 5.41) is 43.1. The van der Waals surface area contributed by atoms with E-state index in [2.05, 4.69) is 27.6 Å². The molecule has 2 aliphatic heterocycles. The molecule has 2 aromatic rings. The first-order chi connectivity index (χ1) is 17.7. The first-order valence-electron chi connectivity index (χ1n) is 10.6. The smallest absolute Gasteiger partial charge is 0.403 e. The van der Waals surface area contributed by atoms with Gasteiger partial charge in [0.1, 0.15) is 23.2 Å². The molecule has 4 heterocycles. The minimum Gasteiger partial charge on any atom is -0.591 e. The fourth-order valence-electron chi connectivity index (χ4n) is 3.64. The van der Waals surface area contributed by atoms with E-state index >= 15 is 0 Å². The number of aliphatic carboxylic acids is 1. The highest BCUT2D eigenvalue weighted by atomic mass is 32.2. The zero-order valence-corrected chi connectivity index (χ0v) is 21.3. The monoisotopic (exact) mass is 564 g/mol. The van der Waals surface area contributed by atoms with Gasteiger partial charge in [0.25, 0.3) is 5.91 Å². The minimum absolute atomic E-state index is 0.0477. The molecule has 0 bridgehead atoms. The van der Waals surface area contributed by atoms with Crippen molar-refractivity contribution in [1.82, 2.24) is 25.9 Å². The van der Waals surface area contributed by atoms with Crippen LogP contribution in [0.15, 0.2) is 58.7 Å². The normalized spacial score (nSPS) is 19.4. The number of amides is 4. The van der Waals surface area contributed by atoms with Crippen LogP contribution in [-0.2, 0) is 14.4 Å². The van der Waals surface area contributed by atoms with Crippen LogP contribution < -0.4 is 20.8 Å². The number of carbonyl (C=O) groups is 4. The molecule has 3 atom stereocenters. The highest BCUT2D eigenvalue weighted by Gasteiger charge is 2.54. The molecule has 2 aromatic heterocycles. The number of carbonyl (C=O) groups excluding carboxylic acids is 3.